The number of likely N-dealkylation sites (N-methyl/N-ethyl adjacent to an activating group) is 1. The van der Waals surface area contributed by atoms with Crippen molar-refractivity contribution in [3.63, 3.8) is 0 Å². The second-order valence-corrected chi connectivity index (χ2v) is 11.9. The first-order valence-electron chi connectivity index (χ1n) is 14.9. The Kier molecular flexibility index (Phi) is 8.13. The van der Waals surface area contributed by atoms with E-state index in [4.69, 9.17) is 19.7 Å². The minimum atomic E-state index is -0.241. The van der Waals surface area contributed by atoms with Gasteiger partial charge in [0.2, 0.25) is 5.95 Å². The van der Waals surface area contributed by atoms with Gasteiger partial charge in [-0.15, -0.1) is 0 Å². The van der Waals surface area contributed by atoms with E-state index in [1.807, 2.05) is 33.2 Å². The summed E-state index contributed by atoms with van der Waals surface area (Å²) in [6.07, 6.45) is 1.53. The number of ether oxygens (including phenoxy) is 1. The van der Waals surface area contributed by atoms with E-state index in [0.29, 0.717) is 32.1 Å². The lowest BCUT2D eigenvalue weighted by molar-refractivity contribution is 0.329. The predicted octanol–water partition coefficient (Wildman–Crippen LogP) is 6.51. The van der Waals surface area contributed by atoms with Crippen LogP contribution in [0.1, 0.15) is 40.4 Å². The molecule has 2 aliphatic heterocycles. The second kappa shape index (κ2) is 12.1. The molecule has 0 saturated carbocycles. The highest BCUT2D eigenvalue weighted by atomic mass is 19.1. The molecule has 7 nitrogen and oxygen atoms in total. The standard InChI is InChI=1S/C35H39FN6O/c1-22-16-28(26-8-9-27-17-23(2)38-32(27)20-26)19-29-21-42(14-15-43-33(22)29)34-31(18-25-6-10-30(36)11-7-25)24(3)39-35(40-34)37-12-13-41(4)5/h6-11,16,19-20H,12-15,17-18,21H2,1-5H3,(H,37,39,40). The molecule has 0 fully saturated rings. The summed E-state index contributed by atoms with van der Waals surface area (Å²) < 4.78 is 20.1. The lowest BCUT2D eigenvalue weighted by atomic mass is 9.97. The molecule has 3 heterocycles. The van der Waals surface area contributed by atoms with Gasteiger partial charge in [0, 0.05) is 55.0 Å². The molecule has 0 spiro atoms. The summed E-state index contributed by atoms with van der Waals surface area (Å²) in [6, 6.07) is 17.7. The van der Waals surface area contributed by atoms with E-state index in [1.165, 1.54) is 17.7 Å². The average molecular weight is 579 g/mol. The quantitative estimate of drug-likeness (QED) is 0.257. The van der Waals surface area contributed by atoms with Crippen molar-refractivity contribution in [2.45, 2.75) is 40.2 Å². The first-order chi connectivity index (χ1) is 20.7. The van der Waals surface area contributed by atoms with E-state index >= 15 is 0 Å². The number of halogens is 1. The number of fused-ring (bicyclic) bond motifs is 2. The number of aliphatic imine (C=N–C) groups is 1. The summed E-state index contributed by atoms with van der Waals surface area (Å²) in [7, 11) is 4.10. The number of nitrogens with zero attached hydrogens (tertiary/aromatic N) is 5. The second-order valence-electron chi connectivity index (χ2n) is 11.9. The highest BCUT2D eigenvalue weighted by molar-refractivity contribution is 5.93. The number of benzene rings is 3. The molecule has 0 unspecified atom stereocenters. The monoisotopic (exact) mass is 578 g/mol. The highest BCUT2D eigenvalue weighted by Crippen LogP contribution is 2.37. The molecule has 1 aromatic heterocycles. The number of anilines is 2. The molecule has 0 atom stereocenters. The van der Waals surface area contributed by atoms with Gasteiger partial charge in [0.25, 0.3) is 0 Å². The maximum atomic E-state index is 13.7. The molecule has 4 aromatic rings. The van der Waals surface area contributed by atoms with Crippen molar-refractivity contribution in [1.82, 2.24) is 14.9 Å². The van der Waals surface area contributed by atoms with Gasteiger partial charge in [-0.05, 0) is 93.0 Å². The number of hydrogen-bond donors (Lipinski definition) is 1. The van der Waals surface area contributed by atoms with Crippen molar-refractivity contribution in [3.05, 3.63) is 93.9 Å². The first-order valence-corrected chi connectivity index (χ1v) is 14.9. The molecule has 0 amide bonds. The maximum Gasteiger partial charge on any atom is 0.224 e. The molecule has 0 bridgehead atoms. The number of nitrogens with one attached hydrogen (secondary N) is 1. The smallest absolute Gasteiger partial charge is 0.224 e. The van der Waals surface area contributed by atoms with E-state index in [-0.39, 0.29) is 5.82 Å². The van der Waals surface area contributed by atoms with Crippen LogP contribution in [0.15, 0.2) is 59.6 Å². The molecular formula is C35H39FN6O. The zero-order valence-electron chi connectivity index (χ0n) is 25.7. The van der Waals surface area contributed by atoms with Crippen LogP contribution >= 0.6 is 0 Å². The molecule has 0 radical (unpaired) electrons. The van der Waals surface area contributed by atoms with Crippen LogP contribution in [0.4, 0.5) is 21.8 Å². The van der Waals surface area contributed by atoms with Gasteiger partial charge >= 0.3 is 0 Å². The van der Waals surface area contributed by atoms with E-state index in [2.05, 4.69) is 59.3 Å². The van der Waals surface area contributed by atoms with Crippen molar-refractivity contribution in [2.24, 2.45) is 4.99 Å². The summed E-state index contributed by atoms with van der Waals surface area (Å²) in [5.41, 5.74) is 11.0. The Bertz CT molecular complexity index is 1680. The van der Waals surface area contributed by atoms with Crippen molar-refractivity contribution in [1.29, 1.82) is 0 Å². The Morgan fingerprint density at radius 3 is 2.56 bits per heavy atom. The zero-order chi connectivity index (χ0) is 30.1. The van der Waals surface area contributed by atoms with Gasteiger partial charge in [0.05, 0.1) is 12.2 Å². The molecule has 43 heavy (non-hydrogen) atoms. The Morgan fingerprint density at radius 2 is 1.77 bits per heavy atom. The van der Waals surface area contributed by atoms with Gasteiger partial charge < -0.3 is 19.9 Å². The van der Waals surface area contributed by atoms with E-state index < -0.39 is 0 Å². The fraction of sp³-hybridized carbons (Fsp3) is 0.343. The highest BCUT2D eigenvalue weighted by Gasteiger charge is 2.24. The lowest BCUT2D eigenvalue weighted by Crippen LogP contribution is -2.29. The van der Waals surface area contributed by atoms with Crippen LogP contribution < -0.4 is 15.0 Å². The molecule has 8 heteroatoms. The molecule has 2 aliphatic rings. The van der Waals surface area contributed by atoms with Gasteiger partial charge in [-0.1, -0.05) is 24.3 Å². The first kappa shape index (κ1) is 28.8. The maximum absolute atomic E-state index is 13.7. The summed E-state index contributed by atoms with van der Waals surface area (Å²) >= 11 is 0. The number of rotatable bonds is 8. The minimum Gasteiger partial charge on any atom is -0.491 e. The van der Waals surface area contributed by atoms with Crippen LogP contribution in [0.5, 0.6) is 5.75 Å². The molecule has 0 aliphatic carbocycles. The fourth-order valence-electron chi connectivity index (χ4n) is 5.90. The Balaban J connectivity index is 1.37. The molecule has 222 valence electrons. The third-order valence-corrected chi connectivity index (χ3v) is 8.12. The van der Waals surface area contributed by atoms with Gasteiger partial charge in [0.15, 0.2) is 0 Å². The summed E-state index contributed by atoms with van der Waals surface area (Å²) in [6.45, 7) is 9.72. The summed E-state index contributed by atoms with van der Waals surface area (Å²) in [4.78, 5) is 19.1. The number of aryl methyl sites for hydroxylation is 2. The largest absolute Gasteiger partial charge is 0.491 e. The predicted molar refractivity (Wildman–Crippen MR) is 173 cm³/mol. The summed E-state index contributed by atoms with van der Waals surface area (Å²) in [5, 5.41) is 3.41. The van der Waals surface area contributed by atoms with Gasteiger partial charge in [-0.25, -0.2) is 9.37 Å². The van der Waals surface area contributed by atoms with Gasteiger partial charge in [-0.3, -0.25) is 4.99 Å². The van der Waals surface area contributed by atoms with Crippen LogP contribution in [0.2, 0.25) is 0 Å². The van der Waals surface area contributed by atoms with Crippen LogP contribution in [-0.4, -0.2) is 60.9 Å². The van der Waals surface area contributed by atoms with Crippen molar-refractivity contribution < 1.29 is 9.13 Å². The van der Waals surface area contributed by atoms with E-state index in [0.717, 1.165) is 81.6 Å². The normalized spacial score (nSPS) is 14.2. The molecule has 6 rings (SSSR count). The van der Waals surface area contributed by atoms with Crippen molar-refractivity contribution in [3.8, 4) is 16.9 Å². The minimum absolute atomic E-state index is 0.241. The Hall–Kier alpha value is -4.30. The van der Waals surface area contributed by atoms with Crippen LogP contribution in [0.3, 0.4) is 0 Å². The Labute approximate surface area is 253 Å². The molecule has 1 N–H and O–H groups in total. The van der Waals surface area contributed by atoms with Crippen molar-refractivity contribution >= 4 is 23.2 Å². The third kappa shape index (κ3) is 6.39. The molecule has 0 saturated heterocycles. The van der Waals surface area contributed by atoms with E-state index in [1.54, 1.807) is 0 Å². The van der Waals surface area contributed by atoms with Gasteiger partial charge in [0.1, 0.15) is 24.0 Å². The van der Waals surface area contributed by atoms with E-state index in [9.17, 15) is 4.39 Å². The lowest BCUT2D eigenvalue weighted by Gasteiger charge is -2.26. The molecule has 3 aromatic carbocycles. The summed E-state index contributed by atoms with van der Waals surface area (Å²) in [5.74, 6) is 2.19. The van der Waals surface area contributed by atoms with Gasteiger partial charge in [-0.2, -0.15) is 4.98 Å². The number of hydrogen-bond acceptors (Lipinski definition) is 7. The fourth-order valence-corrected chi connectivity index (χ4v) is 5.90. The van der Waals surface area contributed by atoms with Crippen molar-refractivity contribution in [2.75, 3.05) is 50.6 Å². The SMILES string of the molecule is CC1=Nc2cc(-c3cc(C)c4c(c3)CN(c3nc(NCCN(C)C)nc(C)c3Cc3ccc(F)cc3)CCO4)ccc2C1. The Morgan fingerprint density at radius 1 is 0.953 bits per heavy atom. The number of aromatic nitrogens is 2. The third-order valence-electron chi connectivity index (χ3n) is 8.12. The molecular weight excluding hydrogens is 539 g/mol. The zero-order valence-corrected chi connectivity index (χ0v) is 25.7. The van der Waals surface area contributed by atoms with Crippen LogP contribution in [0.25, 0.3) is 11.1 Å². The van der Waals surface area contributed by atoms with Crippen LogP contribution in [0, 0.1) is 19.7 Å². The van der Waals surface area contributed by atoms with Crippen LogP contribution in [-0.2, 0) is 19.4 Å². The average Bonchev–Trinajstić information content (AvgIpc) is 3.20. The topological polar surface area (TPSA) is 65.9 Å².